The van der Waals surface area contributed by atoms with Gasteiger partial charge in [-0.15, -0.1) is 0 Å². The molecule has 2 aromatic carbocycles. The van der Waals surface area contributed by atoms with E-state index in [0.717, 1.165) is 44.5 Å². The summed E-state index contributed by atoms with van der Waals surface area (Å²) in [6, 6.07) is 8.27. The molecular weight excluding hydrogens is 424 g/mol. The van der Waals surface area contributed by atoms with Gasteiger partial charge in [-0.2, -0.15) is 0 Å². The predicted molar refractivity (Wildman–Crippen MR) is 135 cm³/mol. The Morgan fingerprint density at radius 1 is 0.794 bits per heavy atom. The predicted octanol–water partition coefficient (Wildman–Crippen LogP) is 6.15. The van der Waals surface area contributed by atoms with E-state index in [1.165, 1.54) is 0 Å². The van der Waals surface area contributed by atoms with Crippen LogP contribution in [-0.4, -0.2) is 24.1 Å². The third-order valence-electron chi connectivity index (χ3n) is 7.54. The van der Waals surface area contributed by atoms with E-state index < -0.39 is 29.1 Å². The summed E-state index contributed by atoms with van der Waals surface area (Å²) in [6.07, 6.45) is 0.228. The molecule has 34 heavy (non-hydrogen) atoms. The average molecular weight is 463 g/mol. The van der Waals surface area contributed by atoms with Crippen LogP contribution in [0.1, 0.15) is 83.5 Å². The quantitative estimate of drug-likeness (QED) is 0.349. The van der Waals surface area contributed by atoms with Gasteiger partial charge in [0.15, 0.2) is 11.6 Å². The van der Waals surface area contributed by atoms with Crippen molar-refractivity contribution in [2.45, 2.75) is 80.6 Å². The first-order valence-electron chi connectivity index (χ1n) is 12.3. The molecule has 3 rings (SSSR count). The highest BCUT2D eigenvalue weighted by molar-refractivity contribution is 6.18. The first kappa shape index (κ1) is 25.9. The van der Waals surface area contributed by atoms with Gasteiger partial charge in [0.2, 0.25) is 0 Å². The highest BCUT2D eigenvalue weighted by Gasteiger charge is 2.69. The van der Waals surface area contributed by atoms with Crippen molar-refractivity contribution < 1.29 is 19.1 Å². The molecule has 0 spiro atoms. The second-order valence-corrected chi connectivity index (χ2v) is 10.3. The highest BCUT2D eigenvalue weighted by Crippen LogP contribution is 2.59. The SMILES string of the molecule is CCOC(=O)C1CC1(C(=O)C(C)c1c(C)cc(C)cc1C)C(=O)C(C)c1c(C)cc(C)cc1C. The van der Waals surface area contributed by atoms with E-state index in [1.54, 1.807) is 6.92 Å². The zero-order valence-corrected chi connectivity index (χ0v) is 22.1. The van der Waals surface area contributed by atoms with E-state index in [0.29, 0.717) is 0 Å². The minimum atomic E-state index is -1.33. The molecule has 4 heteroatoms. The molecule has 4 nitrogen and oxygen atoms in total. The summed E-state index contributed by atoms with van der Waals surface area (Å²) in [5.74, 6) is -2.47. The molecule has 0 aromatic heterocycles. The van der Waals surface area contributed by atoms with Crippen molar-refractivity contribution >= 4 is 17.5 Å². The van der Waals surface area contributed by atoms with Gasteiger partial charge in [-0.05, 0) is 88.3 Å². The maximum Gasteiger partial charge on any atom is 0.310 e. The summed E-state index contributed by atoms with van der Waals surface area (Å²) in [5, 5.41) is 0. The Kier molecular flexibility index (Phi) is 7.21. The number of ether oxygens (including phenoxy) is 1. The van der Waals surface area contributed by atoms with Crippen LogP contribution in [0.3, 0.4) is 0 Å². The van der Waals surface area contributed by atoms with E-state index in [4.69, 9.17) is 4.74 Å². The molecule has 182 valence electrons. The molecule has 0 amide bonds. The second-order valence-electron chi connectivity index (χ2n) is 10.3. The van der Waals surface area contributed by atoms with Crippen LogP contribution in [0, 0.1) is 52.9 Å². The highest BCUT2D eigenvalue weighted by atomic mass is 16.5. The topological polar surface area (TPSA) is 60.4 Å². The minimum absolute atomic E-state index is 0.167. The van der Waals surface area contributed by atoms with Gasteiger partial charge in [-0.3, -0.25) is 14.4 Å². The number of hydrogen-bond acceptors (Lipinski definition) is 4. The lowest BCUT2D eigenvalue weighted by Crippen LogP contribution is -2.37. The van der Waals surface area contributed by atoms with Gasteiger partial charge in [0.1, 0.15) is 5.41 Å². The third kappa shape index (κ3) is 4.35. The normalized spacial score (nSPS) is 21.0. The van der Waals surface area contributed by atoms with Crippen LogP contribution in [0.5, 0.6) is 0 Å². The molecule has 2 aromatic rings. The Balaban J connectivity index is 2.07. The number of aryl methyl sites for hydroxylation is 6. The molecule has 0 saturated heterocycles. The Labute approximate surface area is 204 Å². The van der Waals surface area contributed by atoms with Crippen LogP contribution in [0.15, 0.2) is 24.3 Å². The van der Waals surface area contributed by atoms with Crippen LogP contribution >= 0.6 is 0 Å². The molecule has 1 aliphatic carbocycles. The molecule has 1 aliphatic rings. The summed E-state index contributed by atoms with van der Waals surface area (Å²) in [4.78, 5) is 41.0. The van der Waals surface area contributed by atoms with E-state index in [1.807, 2.05) is 55.4 Å². The van der Waals surface area contributed by atoms with Crippen LogP contribution in [0.25, 0.3) is 0 Å². The lowest BCUT2D eigenvalue weighted by Gasteiger charge is -2.26. The number of carbonyl (C=O) groups excluding carboxylic acids is 3. The molecule has 0 bridgehead atoms. The van der Waals surface area contributed by atoms with Crippen molar-refractivity contribution in [2.75, 3.05) is 6.61 Å². The van der Waals surface area contributed by atoms with Crippen LogP contribution < -0.4 is 0 Å². The van der Waals surface area contributed by atoms with E-state index in [9.17, 15) is 14.4 Å². The number of rotatable bonds is 8. The average Bonchev–Trinajstić information content (AvgIpc) is 3.48. The fourth-order valence-corrected chi connectivity index (χ4v) is 6.24. The van der Waals surface area contributed by atoms with Crippen molar-refractivity contribution in [3.05, 3.63) is 68.8 Å². The summed E-state index contributed by atoms with van der Waals surface area (Å²) in [6.45, 7) is 17.8. The first-order valence-corrected chi connectivity index (χ1v) is 12.3. The second kappa shape index (κ2) is 9.48. The largest absolute Gasteiger partial charge is 0.466 e. The van der Waals surface area contributed by atoms with Gasteiger partial charge in [-0.1, -0.05) is 49.2 Å². The molecule has 3 atom stereocenters. The number of Topliss-reactive ketones (excluding diaryl/α,β-unsaturated/α-hetero) is 2. The summed E-state index contributed by atoms with van der Waals surface area (Å²) in [5.41, 5.74) is 6.98. The van der Waals surface area contributed by atoms with Crippen molar-refractivity contribution in [3.63, 3.8) is 0 Å². The maximum absolute atomic E-state index is 14.1. The van der Waals surface area contributed by atoms with Gasteiger partial charge >= 0.3 is 5.97 Å². The fraction of sp³-hybridized carbons (Fsp3) is 0.500. The molecule has 0 radical (unpaired) electrons. The van der Waals surface area contributed by atoms with Gasteiger partial charge in [0.05, 0.1) is 12.5 Å². The summed E-state index contributed by atoms with van der Waals surface area (Å²) in [7, 11) is 0. The fourth-order valence-electron chi connectivity index (χ4n) is 6.24. The zero-order chi connectivity index (χ0) is 25.5. The lowest BCUT2D eigenvalue weighted by atomic mass is 9.74. The Morgan fingerprint density at radius 3 is 1.47 bits per heavy atom. The Morgan fingerprint density at radius 2 is 1.15 bits per heavy atom. The standard InChI is InChI=1S/C30H38O4/c1-10-34-29(33)24-15-30(24,27(31)22(8)25-18(4)11-16(2)12-19(25)5)28(32)23(9)26-20(6)13-17(3)14-21(26)7/h11-14,22-24H,10,15H2,1-9H3. The van der Waals surface area contributed by atoms with Crippen LogP contribution in [-0.2, 0) is 19.1 Å². The van der Waals surface area contributed by atoms with Gasteiger partial charge in [-0.25, -0.2) is 0 Å². The van der Waals surface area contributed by atoms with Crippen molar-refractivity contribution in [1.29, 1.82) is 0 Å². The molecular formula is C30H38O4. The van der Waals surface area contributed by atoms with E-state index in [-0.39, 0.29) is 24.6 Å². The Bertz CT molecular complexity index is 1030. The molecule has 0 aliphatic heterocycles. The molecule has 0 heterocycles. The molecule has 1 saturated carbocycles. The smallest absolute Gasteiger partial charge is 0.310 e. The first-order chi connectivity index (χ1) is 15.9. The third-order valence-corrected chi connectivity index (χ3v) is 7.54. The van der Waals surface area contributed by atoms with Gasteiger partial charge in [0, 0.05) is 11.8 Å². The number of hydrogen-bond donors (Lipinski definition) is 0. The van der Waals surface area contributed by atoms with E-state index in [2.05, 4.69) is 24.3 Å². The summed E-state index contributed by atoms with van der Waals surface area (Å²) >= 11 is 0. The van der Waals surface area contributed by atoms with Gasteiger partial charge < -0.3 is 4.74 Å². The molecule has 3 unspecified atom stereocenters. The number of esters is 1. The Hall–Kier alpha value is -2.75. The monoisotopic (exact) mass is 462 g/mol. The number of carbonyl (C=O) groups is 3. The van der Waals surface area contributed by atoms with Crippen molar-refractivity contribution in [1.82, 2.24) is 0 Å². The maximum atomic E-state index is 14.1. The molecule has 0 N–H and O–H groups in total. The molecule has 1 fully saturated rings. The van der Waals surface area contributed by atoms with Crippen LogP contribution in [0.4, 0.5) is 0 Å². The number of ketones is 2. The van der Waals surface area contributed by atoms with Crippen LogP contribution in [0.2, 0.25) is 0 Å². The summed E-state index contributed by atoms with van der Waals surface area (Å²) < 4.78 is 5.28. The van der Waals surface area contributed by atoms with Crippen molar-refractivity contribution in [2.24, 2.45) is 11.3 Å². The number of benzene rings is 2. The van der Waals surface area contributed by atoms with E-state index >= 15 is 0 Å². The lowest BCUT2D eigenvalue weighted by molar-refractivity contribution is -0.150. The zero-order valence-electron chi connectivity index (χ0n) is 22.1. The minimum Gasteiger partial charge on any atom is -0.466 e. The van der Waals surface area contributed by atoms with Crippen molar-refractivity contribution in [3.8, 4) is 0 Å². The van der Waals surface area contributed by atoms with Gasteiger partial charge in [0.25, 0.3) is 0 Å².